The number of rotatable bonds is 5. The van der Waals surface area contributed by atoms with E-state index in [9.17, 15) is 9.18 Å². The Kier molecular flexibility index (Phi) is 5.15. The molecule has 0 bridgehead atoms. The molecule has 4 nitrogen and oxygen atoms in total. The van der Waals surface area contributed by atoms with E-state index in [0.29, 0.717) is 28.6 Å². The SMILES string of the molecule is CCOC(=O)c1c(Cc2ccccc2)nn2c(-c3ccccc3)cc3cc(F)ccc3c12. The first kappa shape index (κ1) is 19.9. The summed E-state index contributed by atoms with van der Waals surface area (Å²) in [6.07, 6.45) is 0.480. The number of hydrogen-bond acceptors (Lipinski definition) is 3. The summed E-state index contributed by atoms with van der Waals surface area (Å²) < 4.78 is 21.3. The standard InChI is InChI=1S/C27H21FN2O2/c1-2-32-27(31)25-23(15-18-9-5-3-6-10-18)29-30-24(19-11-7-4-8-12-19)17-20-16-21(28)13-14-22(20)26(25)30/h3-14,16-17H,2,15H2,1H3. The van der Waals surface area contributed by atoms with Crippen LogP contribution >= 0.6 is 0 Å². The van der Waals surface area contributed by atoms with Gasteiger partial charge < -0.3 is 4.74 Å². The molecule has 0 spiro atoms. The molecule has 0 N–H and O–H groups in total. The normalized spacial score (nSPS) is 11.2. The van der Waals surface area contributed by atoms with Gasteiger partial charge in [0, 0.05) is 17.4 Å². The van der Waals surface area contributed by atoms with Gasteiger partial charge in [-0.3, -0.25) is 0 Å². The molecule has 0 aliphatic carbocycles. The Morgan fingerprint density at radius 1 is 0.969 bits per heavy atom. The molecule has 5 heteroatoms. The lowest BCUT2D eigenvalue weighted by atomic mass is 10.0. The van der Waals surface area contributed by atoms with Gasteiger partial charge in [-0.25, -0.2) is 13.7 Å². The van der Waals surface area contributed by atoms with Gasteiger partial charge in [0.15, 0.2) is 0 Å². The van der Waals surface area contributed by atoms with E-state index in [2.05, 4.69) is 0 Å². The quantitative estimate of drug-likeness (QED) is 0.322. The number of hydrogen-bond donors (Lipinski definition) is 0. The van der Waals surface area contributed by atoms with Gasteiger partial charge in [-0.2, -0.15) is 5.10 Å². The number of ether oxygens (including phenoxy) is 1. The van der Waals surface area contributed by atoms with Crippen LogP contribution in [0.5, 0.6) is 0 Å². The van der Waals surface area contributed by atoms with Crippen molar-refractivity contribution in [3.8, 4) is 11.3 Å². The zero-order chi connectivity index (χ0) is 22.1. The Labute approximate surface area is 184 Å². The average molecular weight is 424 g/mol. The highest BCUT2D eigenvalue weighted by Gasteiger charge is 2.25. The third-order valence-electron chi connectivity index (χ3n) is 5.51. The van der Waals surface area contributed by atoms with Crippen LogP contribution < -0.4 is 0 Å². The van der Waals surface area contributed by atoms with Gasteiger partial charge >= 0.3 is 5.97 Å². The maximum atomic E-state index is 14.1. The van der Waals surface area contributed by atoms with Gasteiger partial charge in [0.1, 0.15) is 11.4 Å². The Morgan fingerprint density at radius 2 is 1.69 bits per heavy atom. The van der Waals surface area contributed by atoms with Crippen LogP contribution in [0.15, 0.2) is 84.9 Å². The van der Waals surface area contributed by atoms with Crippen LogP contribution in [-0.4, -0.2) is 22.2 Å². The van der Waals surface area contributed by atoms with Crippen LogP contribution in [0.2, 0.25) is 0 Å². The number of carbonyl (C=O) groups excluding carboxylic acids is 1. The van der Waals surface area contributed by atoms with Crippen LogP contribution in [0, 0.1) is 5.82 Å². The highest BCUT2D eigenvalue weighted by molar-refractivity contribution is 6.09. The lowest BCUT2D eigenvalue weighted by Gasteiger charge is -2.10. The molecular weight excluding hydrogens is 403 g/mol. The Bertz CT molecular complexity index is 1430. The number of halogens is 1. The molecule has 0 amide bonds. The minimum atomic E-state index is -0.427. The second-order valence-corrected chi connectivity index (χ2v) is 7.59. The zero-order valence-corrected chi connectivity index (χ0v) is 17.6. The molecule has 32 heavy (non-hydrogen) atoms. The molecule has 0 aliphatic rings. The van der Waals surface area contributed by atoms with E-state index in [1.807, 2.05) is 66.7 Å². The highest BCUT2D eigenvalue weighted by Crippen LogP contribution is 2.33. The zero-order valence-electron chi connectivity index (χ0n) is 17.6. The number of benzene rings is 3. The molecule has 5 rings (SSSR count). The summed E-state index contributed by atoms with van der Waals surface area (Å²) in [5, 5.41) is 6.34. The number of aromatic nitrogens is 2. The predicted molar refractivity (Wildman–Crippen MR) is 123 cm³/mol. The average Bonchev–Trinajstić information content (AvgIpc) is 3.19. The van der Waals surface area contributed by atoms with Gasteiger partial charge in [-0.05, 0) is 42.1 Å². The van der Waals surface area contributed by atoms with E-state index in [0.717, 1.165) is 22.2 Å². The van der Waals surface area contributed by atoms with Crippen molar-refractivity contribution in [3.63, 3.8) is 0 Å². The van der Waals surface area contributed by atoms with Crippen molar-refractivity contribution < 1.29 is 13.9 Å². The summed E-state index contributed by atoms with van der Waals surface area (Å²) in [5.74, 6) is -0.758. The summed E-state index contributed by atoms with van der Waals surface area (Å²) in [7, 11) is 0. The molecular formula is C27H21FN2O2. The number of fused-ring (bicyclic) bond motifs is 3. The maximum absolute atomic E-state index is 14.1. The fraction of sp³-hybridized carbons (Fsp3) is 0.111. The van der Waals surface area contributed by atoms with E-state index in [-0.39, 0.29) is 12.4 Å². The molecule has 0 saturated heterocycles. The lowest BCUT2D eigenvalue weighted by molar-refractivity contribution is 0.0527. The molecule has 0 aliphatic heterocycles. The second-order valence-electron chi connectivity index (χ2n) is 7.59. The van der Waals surface area contributed by atoms with Crippen molar-refractivity contribution in [2.24, 2.45) is 0 Å². The molecule has 5 aromatic rings. The van der Waals surface area contributed by atoms with Crippen LogP contribution in [0.3, 0.4) is 0 Å². The first-order valence-corrected chi connectivity index (χ1v) is 10.6. The summed E-state index contributed by atoms with van der Waals surface area (Å²) in [5.41, 5.74) is 4.42. The van der Waals surface area contributed by atoms with Gasteiger partial charge in [0.05, 0.1) is 23.5 Å². The van der Waals surface area contributed by atoms with Crippen LogP contribution in [0.25, 0.3) is 27.5 Å². The lowest BCUT2D eigenvalue weighted by Crippen LogP contribution is -2.08. The molecule has 2 aromatic heterocycles. The molecule has 0 atom stereocenters. The van der Waals surface area contributed by atoms with Gasteiger partial charge in [-0.15, -0.1) is 0 Å². The van der Waals surface area contributed by atoms with Crippen molar-refractivity contribution in [2.75, 3.05) is 6.61 Å². The number of carbonyl (C=O) groups is 1. The van der Waals surface area contributed by atoms with E-state index in [1.54, 1.807) is 17.5 Å². The molecule has 0 unspecified atom stereocenters. The molecule has 0 fully saturated rings. The van der Waals surface area contributed by atoms with Crippen molar-refractivity contribution >= 4 is 22.3 Å². The minimum absolute atomic E-state index is 0.256. The number of pyridine rings is 1. The first-order valence-electron chi connectivity index (χ1n) is 10.6. The molecule has 0 saturated carbocycles. The minimum Gasteiger partial charge on any atom is -0.462 e. The van der Waals surface area contributed by atoms with Crippen LogP contribution in [0.4, 0.5) is 4.39 Å². The topological polar surface area (TPSA) is 43.6 Å². The predicted octanol–water partition coefficient (Wildman–Crippen LogP) is 6.06. The maximum Gasteiger partial charge on any atom is 0.342 e. The smallest absolute Gasteiger partial charge is 0.342 e. The fourth-order valence-electron chi connectivity index (χ4n) is 4.11. The molecule has 2 heterocycles. The highest BCUT2D eigenvalue weighted by atomic mass is 19.1. The van der Waals surface area contributed by atoms with Gasteiger partial charge in [0.25, 0.3) is 0 Å². The van der Waals surface area contributed by atoms with Crippen molar-refractivity contribution in [3.05, 3.63) is 108 Å². The summed E-state index contributed by atoms with van der Waals surface area (Å²) in [6.45, 7) is 2.04. The second kappa shape index (κ2) is 8.27. The van der Waals surface area contributed by atoms with E-state index in [4.69, 9.17) is 9.84 Å². The first-order chi connectivity index (χ1) is 15.7. The van der Waals surface area contributed by atoms with E-state index >= 15 is 0 Å². The van der Waals surface area contributed by atoms with Crippen molar-refractivity contribution in [1.82, 2.24) is 9.61 Å². The third-order valence-corrected chi connectivity index (χ3v) is 5.51. The Morgan fingerprint density at radius 3 is 2.41 bits per heavy atom. The van der Waals surface area contributed by atoms with Gasteiger partial charge in [0.2, 0.25) is 0 Å². The van der Waals surface area contributed by atoms with E-state index < -0.39 is 5.97 Å². The number of esters is 1. The summed E-state index contributed by atoms with van der Waals surface area (Å²) >= 11 is 0. The third kappa shape index (κ3) is 3.52. The van der Waals surface area contributed by atoms with Crippen LogP contribution in [-0.2, 0) is 11.2 Å². The fourth-order valence-corrected chi connectivity index (χ4v) is 4.11. The van der Waals surface area contributed by atoms with Crippen LogP contribution in [0.1, 0.15) is 28.5 Å². The van der Waals surface area contributed by atoms with Crippen molar-refractivity contribution in [1.29, 1.82) is 0 Å². The van der Waals surface area contributed by atoms with E-state index in [1.165, 1.54) is 12.1 Å². The largest absolute Gasteiger partial charge is 0.462 e. The Hall–Kier alpha value is -3.99. The summed E-state index contributed by atoms with van der Waals surface area (Å²) in [4.78, 5) is 13.1. The number of nitrogens with zero attached hydrogens (tertiary/aromatic N) is 2. The van der Waals surface area contributed by atoms with Crippen molar-refractivity contribution in [2.45, 2.75) is 13.3 Å². The Balaban J connectivity index is 1.87. The molecule has 3 aromatic carbocycles. The monoisotopic (exact) mass is 424 g/mol. The summed E-state index contributed by atoms with van der Waals surface area (Å²) in [6, 6.07) is 26.2. The van der Waals surface area contributed by atoms with Gasteiger partial charge in [-0.1, -0.05) is 60.7 Å². The molecule has 158 valence electrons. The molecule has 0 radical (unpaired) electrons.